The number of aromatic amines is 1. The zero-order chi connectivity index (χ0) is 18.6. The highest BCUT2D eigenvalue weighted by atomic mass is 35.5. The molecule has 0 saturated heterocycles. The van der Waals surface area contributed by atoms with Crippen molar-refractivity contribution in [3.63, 3.8) is 0 Å². The van der Waals surface area contributed by atoms with Crippen molar-refractivity contribution in [2.75, 3.05) is 13.2 Å². The van der Waals surface area contributed by atoms with E-state index in [4.69, 9.17) is 22.1 Å². The van der Waals surface area contributed by atoms with Crippen LogP contribution in [0.25, 0.3) is 33.4 Å². The van der Waals surface area contributed by atoms with Crippen molar-refractivity contribution in [3.05, 3.63) is 54.3 Å². The largest absolute Gasteiger partial charge is 0.478 e. The van der Waals surface area contributed by atoms with Crippen LogP contribution in [0, 0.1) is 0 Å². The molecule has 0 aromatic carbocycles. The first kappa shape index (κ1) is 17.4. The Hall–Kier alpha value is -3.03. The van der Waals surface area contributed by atoms with Gasteiger partial charge in [-0.05, 0) is 25.1 Å². The number of nitrogens with one attached hydrogen (secondary N) is 1. The molecule has 0 atom stereocenters. The van der Waals surface area contributed by atoms with Gasteiger partial charge in [0.1, 0.15) is 12.0 Å². The summed E-state index contributed by atoms with van der Waals surface area (Å²) in [5, 5.41) is 1.46. The SMILES string of the molecule is NCCCOc1ccc(-c2[nH]c3ncc(Cl)cc3c2-c2cncnc2)cn1. The number of nitrogens with zero attached hydrogens (tertiary/aromatic N) is 4. The Morgan fingerprint density at radius 2 is 1.89 bits per heavy atom. The molecule has 0 aliphatic rings. The summed E-state index contributed by atoms with van der Waals surface area (Å²) >= 11 is 6.17. The summed E-state index contributed by atoms with van der Waals surface area (Å²) in [6.45, 7) is 1.13. The first-order valence-electron chi connectivity index (χ1n) is 8.48. The Balaban J connectivity index is 1.79. The lowest BCUT2D eigenvalue weighted by Gasteiger charge is -2.07. The predicted octanol–water partition coefficient (Wildman–Crippen LogP) is 3.46. The Labute approximate surface area is 160 Å². The van der Waals surface area contributed by atoms with E-state index in [9.17, 15) is 0 Å². The summed E-state index contributed by atoms with van der Waals surface area (Å²) in [6.07, 6.45) is 9.18. The third-order valence-electron chi connectivity index (χ3n) is 4.09. The first-order valence-corrected chi connectivity index (χ1v) is 8.86. The molecule has 0 aliphatic carbocycles. The van der Waals surface area contributed by atoms with Crippen LogP contribution in [-0.4, -0.2) is 38.1 Å². The van der Waals surface area contributed by atoms with Gasteiger partial charge >= 0.3 is 0 Å². The van der Waals surface area contributed by atoms with Crippen molar-refractivity contribution in [3.8, 4) is 28.3 Å². The average Bonchev–Trinajstić information content (AvgIpc) is 3.08. The van der Waals surface area contributed by atoms with Crippen molar-refractivity contribution >= 4 is 22.6 Å². The molecule has 8 heteroatoms. The lowest BCUT2D eigenvalue weighted by atomic mass is 10.0. The van der Waals surface area contributed by atoms with Crippen LogP contribution >= 0.6 is 11.6 Å². The standard InChI is InChI=1S/C19H17ClN6O/c20-14-6-15-17(13-7-22-11-23-8-13)18(26-19(15)25-10-14)12-2-3-16(24-9-12)27-5-1-4-21/h2-3,6-11H,1,4-5,21H2,(H,25,26). The molecule has 0 radical (unpaired) electrons. The van der Waals surface area contributed by atoms with Gasteiger partial charge in [0.05, 0.1) is 17.3 Å². The van der Waals surface area contributed by atoms with E-state index < -0.39 is 0 Å². The van der Waals surface area contributed by atoms with E-state index in [0.717, 1.165) is 39.8 Å². The minimum absolute atomic E-state index is 0.546. The van der Waals surface area contributed by atoms with Crippen LogP contribution in [-0.2, 0) is 0 Å². The molecule has 0 amide bonds. The molecule has 4 heterocycles. The van der Waals surface area contributed by atoms with Gasteiger partial charge in [-0.2, -0.15) is 0 Å². The van der Waals surface area contributed by atoms with Crippen molar-refractivity contribution < 1.29 is 4.74 Å². The third-order valence-corrected chi connectivity index (χ3v) is 4.30. The van der Waals surface area contributed by atoms with Gasteiger partial charge in [0.2, 0.25) is 5.88 Å². The molecule has 0 spiro atoms. The number of rotatable bonds is 6. The van der Waals surface area contributed by atoms with E-state index in [1.54, 1.807) is 24.8 Å². The van der Waals surface area contributed by atoms with E-state index >= 15 is 0 Å². The molecule has 136 valence electrons. The highest BCUT2D eigenvalue weighted by molar-refractivity contribution is 6.31. The predicted molar refractivity (Wildman–Crippen MR) is 105 cm³/mol. The topological polar surface area (TPSA) is 103 Å². The number of hydrogen-bond donors (Lipinski definition) is 2. The zero-order valence-corrected chi connectivity index (χ0v) is 15.1. The molecule has 3 N–H and O–H groups in total. The van der Waals surface area contributed by atoms with Crippen LogP contribution in [0.2, 0.25) is 5.02 Å². The van der Waals surface area contributed by atoms with E-state index in [-0.39, 0.29) is 0 Å². The second kappa shape index (κ2) is 7.69. The fourth-order valence-corrected chi connectivity index (χ4v) is 3.02. The van der Waals surface area contributed by atoms with Gasteiger partial charge < -0.3 is 15.5 Å². The molecule has 4 aromatic rings. The molecule has 7 nitrogen and oxygen atoms in total. The average molecular weight is 381 g/mol. The highest BCUT2D eigenvalue weighted by Gasteiger charge is 2.17. The van der Waals surface area contributed by atoms with E-state index in [1.807, 2.05) is 18.2 Å². The maximum atomic E-state index is 6.17. The van der Waals surface area contributed by atoms with Gasteiger partial charge in [-0.25, -0.2) is 19.9 Å². The smallest absolute Gasteiger partial charge is 0.213 e. The van der Waals surface area contributed by atoms with Crippen molar-refractivity contribution in [2.24, 2.45) is 5.73 Å². The lowest BCUT2D eigenvalue weighted by molar-refractivity contribution is 0.301. The number of H-pyrrole nitrogens is 1. The molecule has 4 rings (SSSR count). The normalized spacial score (nSPS) is 11.0. The molecule has 0 bridgehead atoms. The molecule has 0 unspecified atom stereocenters. The summed E-state index contributed by atoms with van der Waals surface area (Å²) in [5.41, 5.74) is 9.78. The Kier molecular flexibility index (Phi) is 4.95. The molecular formula is C19H17ClN6O. The fourth-order valence-electron chi connectivity index (χ4n) is 2.86. The second-order valence-corrected chi connectivity index (χ2v) is 6.36. The first-order chi connectivity index (χ1) is 13.3. The van der Waals surface area contributed by atoms with Crippen LogP contribution in [0.4, 0.5) is 0 Å². The summed E-state index contributed by atoms with van der Waals surface area (Å²) in [7, 11) is 0. The molecule has 0 fully saturated rings. The van der Waals surface area contributed by atoms with E-state index in [0.29, 0.717) is 24.1 Å². The van der Waals surface area contributed by atoms with Gasteiger partial charge in [0.15, 0.2) is 0 Å². The van der Waals surface area contributed by atoms with Gasteiger partial charge in [0.25, 0.3) is 0 Å². The van der Waals surface area contributed by atoms with Gasteiger partial charge in [-0.1, -0.05) is 11.6 Å². The number of fused-ring (bicyclic) bond motifs is 1. The highest BCUT2D eigenvalue weighted by Crippen LogP contribution is 2.38. The van der Waals surface area contributed by atoms with Crippen LogP contribution in [0.1, 0.15) is 6.42 Å². The van der Waals surface area contributed by atoms with Crippen LogP contribution in [0.3, 0.4) is 0 Å². The monoisotopic (exact) mass is 380 g/mol. The zero-order valence-electron chi connectivity index (χ0n) is 14.4. The summed E-state index contributed by atoms with van der Waals surface area (Å²) in [4.78, 5) is 20.4. The minimum Gasteiger partial charge on any atom is -0.478 e. The number of hydrogen-bond acceptors (Lipinski definition) is 6. The minimum atomic E-state index is 0.546. The van der Waals surface area contributed by atoms with Gasteiger partial charge in [0, 0.05) is 52.9 Å². The quantitative estimate of drug-likeness (QED) is 0.496. The van der Waals surface area contributed by atoms with Gasteiger partial charge in [-0.15, -0.1) is 0 Å². The maximum Gasteiger partial charge on any atom is 0.213 e. The number of ether oxygens (including phenoxy) is 1. The van der Waals surface area contributed by atoms with Gasteiger partial charge in [-0.3, -0.25) is 0 Å². The van der Waals surface area contributed by atoms with Crippen LogP contribution < -0.4 is 10.5 Å². The lowest BCUT2D eigenvalue weighted by Crippen LogP contribution is -2.06. The molecule has 4 aromatic heterocycles. The van der Waals surface area contributed by atoms with Crippen LogP contribution in [0.15, 0.2) is 49.3 Å². The number of pyridine rings is 2. The Morgan fingerprint density at radius 3 is 2.63 bits per heavy atom. The Bertz CT molecular complexity index is 1050. The fraction of sp³-hybridized carbons (Fsp3) is 0.158. The van der Waals surface area contributed by atoms with Crippen molar-refractivity contribution in [1.29, 1.82) is 0 Å². The molecular weight excluding hydrogens is 364 g/mol. The molecule has 0 saturated carbocycles. The van der Waals surface area contributed by atoms with E-state index in [2.05, 4.69) is 24.9 Å². The maximum absolute atomic E-state index is 6.17. The molecule has 27 heavy (non-hydrogen) atoms. The summed E-state index contributed by atoms with van der Waals surface area (Å²) in [6, 6.07) is 5.66. The van der Waals surface area contributed by atoms with Crippen molar-refractivity contribution in [2.45, 2.75) is 6.42 Å². The third kappa shape index (κ3) is 3.60. The Morgan fingerprint density at radius 1 is 1.04 bits per heavy atom. The number of nitrogens with two attached hydrogens (primary N) is 1. The second-order valence-electron chi connectivity index (χ2n) is 5.93. The van der Waals surface area contributed by atoms with E-state index in [1.165, 1.54) is 6.33 Å². The summed E-state index contributed by atoms with van der Waals surface area (Å²) < 4.78 is 5.58. The number of aromatic nitrogens is 5. The van der Waals surface area contributed by atoms with Crippen LogP contribution in [0.5, 0.6) is 5.88 Å². The summed E-state index contributed by atoms with van der Waals surface area (Å²) in [5.74, 6) is 0.564. The van der Waals surface area contributed by atoms with Crippen molar-refractivity contribution in [1.82, 2.24) is 24.9 Å². The molecule has 0 aliphatic heterocycles. The number of halogens is 1.